The van der Waals surface area contributed by atoms with Gasteiger partial charge in [-0.05, 0) is 42.3 Å². The van der Waals surface area contributed by atoms with E-state index in [4.69, 9.17) is 19.7 Å². The number of hydrogen-bond acceptors (Lipinski definition) is 8. The summed E-state index contributed by atoms with van der Waals surface area (Å²) in [6, 6.07) is 9.74. The summed E-state index contributed by atoms with van der Waals surface area (Å²) in [5.74, 6) is -5.51. The number of likely N-dealkylation sites (N-methyl/N-ethyl adjacent to an activating group) is 1. The van der Waals surface area contributed by atoms with Crippen LogP contribution in [0.2, 0.25) is 0 Å². The number of hydrogen-bond donors (Lipinski definition) is 3. The summed E-state index contributed by atoms with van der Waals surface area (Å²) in [6.45, 7) is 0.407. The minimum absolute atomic E-state index is 0.118. The number of carboxylic acid groups (broad SMARTS) is 2. The molecule has 2 aromatic carbocycles. The van der Waals surface area contributed by atoms with Crippen molar-refractivity contribution < 1.29 is 51.3 Å². The van der Waals surface area contributed by atoms with E-state index in [0.29, 0.717) is 27.6 Å². The Morgan fingerprint density at radius 2 is 1.74 bits per heavy atom. The van der Waals surface area contributed by atoms with Gasteiger partial charge in [0.25, 0.3) is 5.91 Å². The number of thiazole rings is 1. The van der Waals surface area contributed by atoms with Gasteiger partial charge in [0.2, 0.25) is 0 Å². The molecule has 0 atom stereocenters. The van der Waals surface area contributed by atoms with Gasteiger partial charge < -0.3 is 25.2 Å². The molecule has 0 radical (unpaired) electrons. The quantitative estimate of drug-likeness (QED) is 0.202. The van der Waals surface area contributed by atoms with Gasteiger partial charge in [0.1, 0.15) is 29.6 Å². The molecule has 9 nitrogen and oxygen atoms in total. The molecule has 0 aliphatic heterocycles. The second-order valence-electron chi connectivity index (χ2n) is 8.35. The van der Waals surface area contributed by atoms with Gasteiger partial charge in [0.05, 0.1) is 0 Å². The third kappa shape index (κ3) is 8.43. The zero-order valence-electron chi connectivity index (χ0n) is 21.6. The van der Waals surface area contributed by atoms with Crippen LogP contribution in [0.3, 0.4) is 0 Å². The Kier molecular flexibility index (Phi) is 10.9. The Labute approximate surface area is 242 Å². The largest absolute Gasteiger partial charge is 0.490 e. The van der Waals surface area contributed by atoms with Gasteiger partial charge in [-0.25, -0.2) is 18.6 Å². The van der Waals surface area contributed by atoms with E-state index in [1.54, 1.807) is 48.1 Å². The minimum atomic E-state index is -5.08. The van der Waals surface area contributed by atoms with Crippen LogP contribution in [0.15, 0.2) is 47.2 Å². The van der Waals surface area contributed by atoms with Crippen LogP contribution in [0.5, 0.6) is 5.75 Å². The van der Waals surface area contributed by atoms with E-state index in [-0.39, 0.29) is 24.2 Å². The smallest absolute Gasteiger partial charge is 0.486 e. The lowest BCUT2D eigenvalue weighted by Crippen LogP contribution is -2.39. The number of ether oxygens (including phenoxy) is 1. The maximum Gasteiger partial charge on any atom is 0.490 e. The van der Waals surface area contributed by atoms with Crippen LogP contribution in [-0.2, 0) is 16.2 Å². The normalized spacial score (nSPS) is 11.1. The van der Waals surface area contributed by atoms with Crippen molar-refractivity contribution in [1.82, 2.24) is 15.2 Å². The number of benzene rings is 2. The second-order valence-corrected chi connectivity index (χ2v) is 10.2. The highest BCUT2D eigenvalue weighted by atomic mass is 32.1. The molecule has 0 spiro atoms. The maximum absolute atomic E-state index is 14.0. The summed E-state index contributed by atoms with van der Waals surface area (Å²) >= 11 is 2.59. The van der Waals surface area contributed by atoms with Crippen molar-refractivity contribution >= 4 is 50.6 Å². The van der Waals surface area contributed by atoms with Crippen molar-refractivity contribution in [3.63, 3.8) is 0 Å². The number of amides is 1. The first kappa shape index (κ1) is 32.4. The number of rotatable bonds is 10. The number of carbonyl (C=O) groups is 3. The number of nitrogens with zero attached hydrogens (tertiary/aromatic N) is 2. The zero-order valence-corrected chi connectivity index (χ0v) is 23.2. The lowest BCUT2D eigenvalue weighted by atomic mass is 10.0. The topological polar surface area (TPSA) is 129 Å². The molecule has 4 aromatic rings. The Balaban J connectivity index is 0.000000616. The van der Waals surface area contributed by atoms with Gasteiger partial charge >= 0.3 is 18.1 Å². The number of thiophene rings is 1. The van der Waals surface area contributed by atoms with Crippen molar-refractivity contribution in [3.8, 4) is 16.9 Å². The number of carbonyl (C=O) groups excluding carboxylic acids is 1. The standard InChI is InChI=1S/C24H21F2N3O4S2.C2HF3O2/c1-27-7-8-29(11-21(30)31)24(32)19-13-35-20(28-19)12-33-15-4-2-14(3-5-15)17-10-18(25)22(26)16-6-9-34-23(16)17;3-2(4,5)1(6)7/h2-6,9-10,13,27H,7-8,11-12H2,1H3,(H,30,31);(H,6,7). The molecule has 0 saturated heterocycles. The van der Waals surface area contributed by atoms with Gasteiger partial charge in [0.15, 0.2) is 11.6 Å². The number of alkyl halides is 3. The Hall–Kier alpha value is -4.15. The average Bonchev–Trinajstić information content (AvgIpc) is 3.62. The van der Waals surface area contributed by atoms with Crippen LogP contribution in [0.4, 0.5) is 22.0 Å². The SMILES string of the molecule is CNCCN(CC(=O)O)C(=O)c1csc(COc2ccc(-c3cc(F)c(F)c4ccsc34)cc2)n1.O=C(O)C(F)(F)F. The summed E-state index contributed by atoms with van der Waals surface area (Å²) in [4.78, 5) is 38.1. The van der Waals surface area contributed by atoms with Crippen LogP contribution >= 0.6 is 22.7 Å². The van der Waals surface area contributed by atoms with Gasteiger partial charge in [0, 0.05) is 34.1 Å². The molecule has 16 heteroatoms. The van der Waals surface area contributed by atoms with E-state index in [2.05, 4.69) is 10.3 Å². The predicted octanol–water partition coefficient (Wildman–Crippen LogP) is 5.26. The maximum atomic E-state index is 14.0. The number of carboxylic acids is 2. The summed E-state index contributed by atoms with van der Waals surface area (Å²) in [5, 5.41) is 23.2. The summed E-state index contributed by atoms with van der Waals surface area (Å²) in [7, 11) is 1.72. The average molecular weight is 632 g/mol. The van der Waals surface area contributed by atoms with Crippen LogP contribution in [-0.4, -0.2) is 70.8 Å². The van der Waals surface area contributed by atoms with Crippen LogP contribution in [0.25, 0.3) is 21.2 Å². The fraction of sp³-hybridized carbons (Fsp3) is 0.231. The highest BCUT2D eigenvalue weighted by Gasteiger charge is 2.38. The van der Waals surface area contributed by atoms with Crippen molar-refractivity contribution in [3.05, 3.63) is 69.5 Å². The van der Waals surface area contributed by atoms with Gasteiger partial charge in [-0.2, -0.15) is 13.2 Å². The number of aromatic nitrogens is 1. The molecule has 0 bridgehead atoms. The molecule has 0 fully saturated rings. The zero-order chi connectivity index (χ0) is 31.0. The number of aliphatic carboxylic acids is 2. The van der Waals surface area contributed by atoms with Crippen molar-refractivity contribution in [1.29, 1.82) is 0 Å². The van der Waals surface area contributed by atoms with E-state index in [9.17, 15) is 31.5 Å². The molecule has 0 saturated carbocycles. The lowest BCUT2D eigenvalue weighted by Gasteiger charge is -2.19. The monoisotopic (exact) mass is 631 g/mol. The lowest BCUT2D eigenvalue weighted by molar-refractivity contribution is -0.192. The first-order chi connectivity index (χ1) is 19.8. The molecule has 224 valence electrons. The third-order valence-electron chi connectivity index (χ3n) is 5.41. The highest BCUT2D eigenvalue weighted by molar-refractivity contribution is 7.17. The molecule has 0 unspecified atom stereocenters. The molecular formula is C26H22F5N3O6S2. The van der Waals surface area contributed by atoms with Crippen LogP contribution in [0, 0.1) is 11.6 Å². The first-order valence-corrected chi connectivity index (χ1v) is 13.6. The molecule has 4 rings (SSSR count). The third-order valence-corrected chi connectivity index (χ3v) is 7.18. The van der Waals surface area contributed by atoms with Crippen molar-refractivity contribution in [2.24, 2.45) is 0 Å². The molecule has 2 heterocycles. The molecule has 42 heavy (non-hydrogen) atoms. The molecular weight excluding hydrogens is 609 g/mol. The molecule has 2 aromatic heterocycles. The molecule has 3 N–H and O–H groups in total. The Morgan fingerprint density at radius 1 is 1.07 bits per heavy atom. The fourth-order valence-corrected chi connectivity index (χ4v) is 5.07. The van der Waals surface area contributed by atoms with E-state index in [1.807, 2.05) is 0 Å². The minimum Gasteiger partial charge on any atom is -0.486 e. The molecule has 1 amide bonds. The number of halogens is 5. The van der Waals surface area contributed by atoms with E-state index in [1.165, 1.54) is 33.6 Å². The fourth-order valence-electron chi connectivity index (χ4n) is 3.47. The van der Waals surface area contributed by atoms with E-state index in [0.717, 1.165) is 5.56 Å². The van der Waals surface area contributed by atoms with Gasteiger partial charge in [-0.15, -0.1) is 22.7 Å². The second kappa shape index (κ2) is 14.2. The van der Waals surface area contributed by atoms with E-state index >= 15 is 0 Å². The molecule has 0 aliphatic rings. The molecule has 0 aliphatic carbocycles. The van der Waals surface area contributed by atoms with E-state index < -0.39 is 42.2 Å². The summed E-state index contributed by atoms with van der Waals surface area (Å²) in [5.41, 5.74) is 1.50. The Morgan fingerprint density at radius 3 is 2.33 bits per heavy atom. The van der Waals surface area contributed by atoms with Crippen LogP contribution < -0.4 is 10.1 Å². The summed E-state index contributed by atoms with van der Waals surface area (Å²) in [6.07, 6.45) is -5.08. The predicted molar refractivity (Wildman–Crippen MR) is 145 cm³/mol. The Bertz CT molecular complexity index is 1560. The number of fused-ring (bicyclic) bond motifs is 1. The summed E-state index contributed by atoms with van der Waals surface area (Å²) < 4.78 is 66.2. The van der Waals surface area contributed by atoms with Crippen LogP contribution in [0.1, 0.15) is 15.5 Å². The van der Waals surface area contributed by atoms with Gasteiger partial charge in [-0.3, -0.25) is 9.59 Å². The van der Waals surface area contributed by atoms with Gasteiger partial charge in [-0.1, -0.05) is 12.1 Å². The van der Waals surface area contributed by atoms with Crippen molar-refractivity contribution in [2.75, 3.05) is 26.7 Å². The number of nitrogens with one attached hydrogen (secondary N) is 1. The van der Waals surface area contributed by atoms with Crippen molar-refractivity contribution in [2.45, 2.75) is 12.8 Å². The first-order valence-electron chi connectivity index (χ1n) is 11.8. The highest BCUT2D eigenvalue weighted by Crippen LogP contribution is 2.36.